The van der Waals surface area contributed by atoms with Crippen LogP contribution in [0.4, 0.5) is 0 Å². The van der Waals surface area contributed by atoms with Gasteiger partial charge in [0.2, 0.25) is 0 Å². The average Bonchev–Trinajstić information content (AvgIpc) is 3.12. The molecule has 0 saturated carbocycles. The van der Waals surface area contributed by atoms with Crippen LogP contribution in [0.3, 0.4) is 0 Å². The van der Waals surface area contributed by atoms with Crippen molar-refractivity contribution in [2.75, 3.05) is 26.2 Å². The lowest BCUT2D eigenvalue weighted by molar-refractivity contribution is 0.147. The van der Waals surface area contributed by atoms with Crippen molar-refractivity contribution in [1.29, 1.82) is 0 Å². The van der Waals surface area contributed by atoms with E-state index in [2.05, 4.69) is 33.7 Å². The van der Waals surface area contributed by atoms with E-state index in [0.29, 0.717) is 0 Å². The van der Waals surface area contributed by atoms with Crippen molar-refractivity contribution in [2.45, 2.75) is 99.6 Å². The summed E-state index contributed by atoms with van der Waals surface area (Å²) in [7, 11) is 0. The first-order valence-electron chi connectivity index (χ1n) is 11.2. The average molecular weight is 363 g/mol. The Bertz CT molecular complexity index is 388. The first kappa shape index (κ1) is 18.4. The van der Waals surface area contributed by atoms with Crippen LogP contribution in [0.1, 0.15) is 77.0 Å². The van der Waals surface area contributed by atoms with Crippen molar-refractivity contribution >= 4 is 11.8 Å². The second-order valence-corrected chi connectivity index (χ2v) is 10.2. The normalized spacial score (nSPS) is 39.2. The van der Waals surface area contributed by atoms with Crippen LogP contribution in [0.25, 0.3) is 0 Å². The van der Waals surface area contributed by atoms with Gasteiger partial charge in [0.05, 0.1) is 0 Å². The minimum atomic E-state index is 0.847. The van der Waals surface area contributed by atoms with Crippen LogP contribution in [0.2, 0.25) is 0 Å². The molecule has 3 heteroatoms. The van der Waals surface area contributed by atoms with Gasteiger partial charge in [-0.3, -0.25) is 9.80 Å². The summed E-state index contributed by atoms with van der Waals surface area (Å²) >= 11 is 2.41. The second kappa shape index (κ2) is 9.28. The van der Waals surface area contributed by atoms with Gasteiger partial charge in [-0.25, -0.2) is 0 Å². The summed E-state index contributed by atoms with van der Waals surface area (Å²) in [6, 6.07) is 1.69. The molecule has 0 aromatic rings. The minimum Gasteiger partial charge on any atom is -0.299 e. The number of hydrogen-bond donors (Lipinski definition) is 0. The maximum absolute atomic E-state index is 2.88. The van der Waals surface area contributed by atoms with Gasteiger partial charge in [-0.2, -0.15) is 11.8 Å². The molecule has 4 aliphatic heterocycles. The molecule has 142 valence electrons. The number of hydrogen-bond acceptors (Lipinski definition) is 3. The molecule has 3 saturated heterocycles. The fourth-order valence-corrected chi connectivity index (χ4v) is 7.70. The molecular formula is C22H38N2S. The fourth-order valence-electron chi connectivity index (χ4n) is 5.73. The third-order valence-corrected chi connectivity index (χ3v) is 8.89. The molecule has 2 nitrogen and oxygen atoms in total. The van der Waals surface area contributed by atoms with Crippen LogP contribution in [0, 0.1) is 0 Å². The molecule has 0 radical (unpaired) electrons. The number of fused-ring (bicyclic) bond motifs is 2. The Labute approximate surface area is 159 Å². The molecule has 0 N–H and O–H groups in total. The van der Waals surface area contributed by atoms with E-state index in [0.717, 1.165) is 22.6 Å². The number of piperidine rings is 2. The van der Waals surface area contributed by atoms with Crippen LogP contribution in [-0.2, 0) is 0 Å². The Morgan fingerprint density at radius 3 is 1.44 bits per heavy atom. The molecule has 4 rings (SSSR count). The van der Waals surface area contributed by atoms with E-state index in [1.54, 1.807) is 0 Å². The van der Waals surface area contributed by atoms with Crippen LogP contribution >= 0.6 is 11.8 Å². The van der Waals surface area contributed by atoms with Crippen molar-refractivity contribution in [3.63, 3.8) is 0 Å². The molecule has 0 aliphatic carbocycles. The third-order valence-electron chi connectivity index (χ3n) is 7.09. The molecule has 3 fully saturated rings. The van der Waals surface area contributed by atoms with E-state index in [4.69, 9.17) is 0 Å². The number of thioether (sulfide) groups is 1. The molecule has 2 bridgehead atoms. The molecular weight excluding hydrogens is 324 g/mol. The van der Waals surface area contributed by atoms with E-state index in [-0.39, 0.29) is 0 Å². The third kappa shape index (κ3) is 4.65. The topological polar surface area (TPSA) is 6.48 Å². The quantitative estimate of drug-likeness (QED) is 0.632. The van der Waals surface area contributed by atoms with Crippen LogP contribution in [0.15, 0.2) is 12.2 Å². The van der Waals surface area contributed by atoms with Gasteiger partial charge in [0.25, 0.3) is 0 Å². The van der Waals surface area contributed by atoms with Gasteiger partial charge in [0, 0.05) is 22.6 Å². The van der Waals surface area contributed by atoms with E-state index in [1.807, 2.05) is 0 Å². The molecule has 0 amide bonds. The van der Waals surface area contributed by atoms with Crippen LogP contribution < -0.4 is 0 Å². The van der Waals surface area contributed by atoms with Gasteiger partial charge < -0.3 is 0 Å². The molecule has 4 atom stereocenters. The van der Waals surface area contributed by atoms with Gasteiger partial charge >= 0.3 is 0 Å². The Kier molecular flexibility index (Phi) is 6.82. The number of allylic oxidation sites excluding steroid dienone is 2. The minimum absolute atomic E-state index is 0.847. The predicted molar refractivity (Wildman–Crippen MR) is 110 cm³/mol. The number of nitrogens with zero attached hydrogens (tertiary/aromatic N) is 2. The molecule has 0 unspecified atom stereocenters. The van der Waals surface area contributed by atoms with Crippen molar-refractivity contribution in [1.82, 2.24) is 9.80 Å². The number of rotatable bonds is 2. The maximum atomic E-state index is 2.88. The Morgan fingerprint density at radius 1 is 0.560 bits per heavy atom. The van der Waals surface area contributed by atoms with Gasteiger partial charge in [0.15, 0.2) is 0 Å². The summed E-state index contributed by atoms with van der Waals surface area (Å²) in [4.78, 5) is 5.76. The lowest BCUT2D eigenvalue weighted by Crippen LogP contribution is -2.45. The highest BCUT2D eigenvalue weighted by molar-refractivity contribution is 8.00. The molecule has 0 aromatic heterocycles. The second-order valence-electron chi connectivity index (χ2n) is 8.74. The van der Waals surface area contributed by atoms with Crippen LogP contribution in [0.5, 0.6) is 0 Å². The highest BCUT2D eigenvalue weighted by Gasteiger charge is 2.39. The van der Waals surface area contributed by atoms with Gasteiger partial charge in [-0.05, 0) is 90.4 Å². The van der Waals surface area contributed by atoms with Crippen molar-refractivity contribution in [3.05, 3.63) is 12.2 Å². The zero-order valence-electron chi connectivity index (χ0n) is 16.1. The lowest BCUT2D eigenvalue weighted by Gasteiger charge is -2.39. The van der Waals surface area contributed by atoms with Crippen molar-refractivity contribution in [3.8, 4) is 0 Å². The monoisotopic (exact) mass is 362 g/mol. The zero-order chi connectivity index (χ0) is 16.9. The summed E-state index contributed by atoms with van der Waals surface area (Å²) in [6.07, 6.45) is 22.0. The summed E-state index contributed by atoms with van der Waals surface area (Å²) in [5.74, 6) is 0. The van der Waals surface area contributed by atoms with Gasteiger partial charge in [-0.1, -0.05) is 25.0 Å². The largest absolute Gasteiger partial charge is 0.299 e. The molecule has 0 spiro atoms. The fraction of sp³-hybridized carbons (Fsp3) is 0.909. The molecule has 0 aromatic carbocycles. The molecule has 4 heterocycles. The SMILES string of the molecule is C1=CCC[C@H](N2CCCCC2)[C@H]2CC[C@@H](S2)[C@@H](N2CCCCC2)CC1. The smallest absolute Gasteiger partial charge is 0.0217 e. The zero-order valence-corrected chi connectivity index (χ0v) is 16.9. The number of likely N-dealkylation sites (tertiary alicyclic amines) is 2. The first-order valence-corrected chi connectivity index (χ1v) is 12.1. The van der Waals surface area contributed by atoms with E-state index >= 15 is 0 Å². The highest BCUT2D eigenvalue weighted by atomic mass is 32.2. The van der Waals surface area contributed by atoms with Gasteiger partial charge in [0.1, 0.15) is 0 Å². The summed E-state index contributed by atoms with van der Waals surface area (Å²) in [6.45, 7) is 5.47. The summed E-state index contributed by atoms with van der Waals surface area (Å²) in [5.41, 5.74) is 0. The molecule has 4 aliphatic rings. The maximum Gasteiger partial charge on any atom is 0.0217 e. The predicted octanol–water partition coefficient (Wildman–Crippen LogP) is 5.09. The van der Waals surface area contributed by atoms with Crippen molar-refractivity contribution in [2.24, 2.45) is 0 Å². The Hall–Kier alpha value is 0.01000. The molecule has 25 heavy (non-hydrogen) atoms. The lowest BCUT2D eigenvalue weighted by atomic mass is 9.94. The first-order chi connectivity index (χ1) is 12.4. The highest BCUT2D eigenvalue weighted by Crippen LogP contribution is 2.43. The van der Waals surface area contributed by atoms with E-state index in [1.165, 1.54) is 103 Å². The van der Waals surface area contributed by atoms with Crippen molar-refractivity contribution < 1.29 is 0 Å². The standard InChI is InChI=1S/C22H38N2S/c1-2-6-12-20(24-17-9-4-10-18-24)22-14-13-21(25-22)19(11-5-1)23-15-7-3-8-16-23/h1-2,19-22H,3-18H2/t19-,20-,21+,22+/m0/s1. The van der Waals surface area contributed by atoms with E-state index < -0.39 is 0 Å². The van der Waals surface area contributed by atoms with Crippen LogP contribution in [-0.4, -0.2) is 58.6 Å². The Morgan fingerprint density at radius 2 is 1.00 bits per heavy atom. The van der Waals surface area contributed by atoms with Gasteiger partial charge in [-0.15, -0.1) is 0 Å². The van der Waals surface area contributed by atoms with E-state index in [9.17, 15) is 0 Å². The summed E-state index contributed by atoms with van der Waals surface area (Å²) < 4.78 is 0. The summed E-state index contributed by atoms with van der Waals surface area (Å²) in [5, 5.41) is 1.81. The Balaban J connectivity index is 1.47.